The van der Waals surface area contributed by atoms with Crippen LogP contribution < -0.4 is 0 Å². The average molecular weight is 226 g/mol. The highest BCUT2D eigenvalue weighted by molar-refractivity contribution is 5.82. The Morgan fingerprint density at radius 2 is 1.65 bits per heavy atom. The molecule has 0 fully saturated rings. The van der Waals surface area contributed by atoms with E-state index in [1.165, 1.54) is 12.1 Å². The molecule has 0 spiro atoms. The summed E-state index contributed by atoms with van der Waals surface area (Å²) in [7, 11) is 0. The van der Waals surface area contributed by atoms with Gasteiger partial charge in [-0.1, -0.05) is 12.1 Å². The Labute approximate surface area is 98.3 Å². The maximum Gasteiger partial charge on any atom is 0.152 e. The molecule has 17 heavy (non-hydrogen) atoms. The zero-order chi connectivity index (χ0) is 12.1. The summed E-state index contributed by atoms with van der Waals surface area (Å²) in [5.74, 6) is 0.178. The lowest BCUT2D eigenvalue weighted by molar-refractivity contribution is 0.112. The summed E-state index contributed by atoms with van der Waals surface area (Å²) in [6.45, 7) is 0. The van der Waals surface area contributed by atoms with Gasteiger partial charge in [-0.2, -0.15) is 5.11 Å². The highest BCUT2D eigenvalue weighted by Crippen LogP contribution is 2.22. The normalized spacial score (nSPS) is 10.6. The highest BCUT2D eigenvalue weighted by Gasteiger charge is 1.98. The minimum Gasteiger partial charge on any atom is -0.508 e. The molecule has 84 valence electrons. The van der Waals surface area contributed by atoms with Gasteiger partial charge in [0, 0.05) is 5.56 Å². The summed E-state index contributed by atoms with van der Waals surface area (Å²) in [5, 5.41) is 17.1. The van der Waals surface area contributed by atoms with Gasteiger partial charge >= 0.3 is 0 Å². The summed E-state index contributed by atoms with van der Waals surface area (Å²) in [4.78, 5) is 10.7. The molecule has 0 saturated carbocycles. The average Bonchev–Trinajstić information content (AvgIpc) is 2.38. The molecule has 0 aliphatic carbocycles. The Morgan fingerprint density at radius 1 is 0.941 bits per heavy atom. The molecule has 0 saturated heterocycles. The van der Waals surface area contributed by atoms with E-state index in [2.05, 4.69) is 10.2 Å². The zero-order valence-corrected chi connectivity index (χ0v) is 8.95. The quantitative estimate of drug-likeness (QED) is 0.641. The Hall–Kier alpha value is -2.49. The van der Waals surface area contributed by atoms with E-state index in [1.54, 1.807) is 36.4 Å². The second-order valence-electron chi connectivity index (χ2n) is 3.39. The van der Waals surface area contributed by atoms with Crippen LogP contribution >= 0.6 is 0 Å². The fourth-order valence-corrected chi connectivity index (χ4v) is 1.31. The SMILES string of the molecule is O=Cc1ccccc1/N=N/c1ccc(O)cc1. The van der Waals surface area contributed by atoms with Crippen molar-refractivity contribution in [2.45, 2.75) is 0 Å². The van der Waals surface area contributed by atoms with E-state index in [9.17, 15) is 4.79 Å². The third kappa shape index (κ3) is 2.75. The van der Waals surface area contributed by atoms with Gasteiger partial charge in [0.2, 0.25) is 0 Å². The van der Waals surface area contributed by atoms with Crippen LogP contribution in [0.4, 0.5) is 11.4 Å². The first-order valence-corrected chi connectivity index (χ1v) is 5.04. The topological polar surface area (TPSA) is 62.0 Å². The molecule has 1 N–H and O–H groups in total. The number of carbonyl (C=O) groups excluding carboxylic acids is 1. The molecule has 4 nitrogen and oxygen atoms in total. The van der Waals surface area contributed by atoms with Crippen molar-refractivity contribution in [3.05, 3.63) is 54.1 Å². The Balaban J connectivity index is 2.25. The smallest absolute Gasteiger partial charge is 0.152 e. The van der Waals surface area contributed by atoms with E-state index in [0.717, 1.165) is 6.29 Å². The van der Waals surface area contributed by atoms with Crippen LogP contribution in [0.15, 0.2) is 58.8 Å². The predicted octanol–water partition coefficient (Wildman–Crippen LogP) is 3.62. The molecule has 0 bridgehead atoms. The molecular weight excluding hydrogens is 216 g/mol. The summed E-state index contributed by atoms with van der Waals surface area (Å²) < 4.78 is 0. The summed E-state index contributed by atoms with van der Waals surface area (Å²) in [6, 6.07) is 13.3. The molecule has 2 aromatic carbocycles. The van der Waals surface area contributed by atoms with E-state index in [-0.39, 0.29) is 5.75 Å². The number of aldehydes is 1. The van der Waals surface area contributed by atoms with Gasteiger partial charge in [0.1, 0.15) is 5.75 Å². The van der Waals surface area contributed by atoms with Gasteiger partial charge in [-0.25, -0.2) is 0 Å². The second kappa shape index (κ2) is 5.03. The van der Waals surface area contributed by atoms with Crippen molar-refractivity contribution < 1.29 is 9.90 Å². The Morgan fingerprint density at radius 3 is 2.35 bits per heavy atom. The molecule has 0 radical (unpaired) electrons. The van der Waals surface area contributed by atoms with Crippen LogP contribution in [0.3, 0.4) is 0 Å². The van der Waals surface area contributed by atoms with Gasteiger partial charge in [0.25, 0.3) is 0 Å². The number of rotatable bonds is 3. The van der Waals surface area contributed by atoms with Crippen LogP contribution in [0.25, 0.3) is 0 Å². The number of phenols is 1. The first-order valence-electron chi connectivity index (χ1n) is 5.04. The number of aromatic hydroxyl groups is 1. The molecule has 0 amide bonds. The summed E-state index contributed by atoms with van der Waals surface area (Å²) in [5.41, 5.74) is 1.63. The van der Waals surface area contributed by atoms with Crippen molar-refractivity contribution in [2.24, 2.45) is 10.2 Å². The first kappa shape index (κ1) is 11.0. The molecule has 2 aromatic rings. The maximum atomic E-state index is 10.7. The van der Waals surface area contributed by atoms with Crippen LogP contribution in [0.2, 0.25) is 0 Å². The molecule has 0 aromatic heterocycles. The van der Waals surface area contributed by atoms with Crippen molar-refractivity contribution in [1.82, 2.24) is 0 Å². The van der Waals surface area contributed by atoms with Crippen LogP contribution in [0, 0.1) is 0 Å². The zero-order valence-electron chi connectivity index (χ0n) is 8.95. The molecule has 0 aliphatic rings. The third-order valence-corrected chi connectivity index (χ3v) is 2.19. The predicted molar refractivity (Wildman–Crippen MR) is 64.1 cm³/mol. The van der Waals surface area contributed by atoms with Crippen LogP contribution in [0.5, 0.6) is 5.75 Å². The van der Waals surface area contributed by atoms with Crippen molar-refractivity contribution in [1.29, 1.82) is 0 Å². The number of azo groups is 1. The van der Waals surface area contributed by atoms with Crippen molar-refractivity contribution in [3.8, 4) is 5.75 Å². The molecule has 0 heterocycles. The molecule has 0 aliphatic heterocycles. The van der Waals surface area contributed by atoms with Crippen LogP contribution in [0.1, 0.15) is 10.4 Å². The fraction of sp³-hybridized carbons (Fsp3) is 0. The van der Waals surface area contributed by atoms with Gasteiger partial charge in [-0.3, -0.25) is 4.79 Å². The standard InChI is InChI=1S/C13H10N2O2/c16-9-10-3-1-2-4-13(10)15-14-11-5-7-12(17)8-6-11/h1-9,17H/b15-14+. The first-order chi connectivity index (χ1) is 8.29. The minimum atomic E-state index is 0.178. The van der Waals surface area contributed by atoms with Crippen molar-refractivity contribution in [2.75, 3.05) is 0 Å². The monoisotopic (exact) mass is 226 g/mol. The van der Waals surface area contributed by atoms with Crippen molar-refractivity contribution in [3.63, 3.8) is 0 Å². The highest BCUT2D eigenvalue weighted by atomic mass is 16.3. The summed E-state index contributed by atoms with van der Waals surface area (Å²) in [6.07, 6.45) is 0.741. The number of hydrogen-bond acceptors (Lipinski definition) is 4. The number of phenolic OH excluding ortho intramolecular Hbond substituents is 1. The van der Waals surface area contributed by atoms with Crippen LogP contribution in [-0.2, 0) is 0 Å². The largest absolute Gasteiger partial charge is 0.508 e. The summed E-state index contributed by atoms with van der Waals surface area (Å²) >= 11 is 0. The van der Waals surface area contributed by atoms with E-state index < -0.39 is 0 Å². The lowest BCUT2D eigenvalue weighted by Crippen LogP contribution is -1.78. The molecule has 2 rings (SSSR count). The van der Waals surface area contributed by atoms with Gasteiger partial charge < -0.3 is 5.11 Å². The lowest BCUT2D eigenvalue weighted by atomic mass is 10.2. The number of nitrogens with zero attached hydrogens (tertiary/aromatic N) is 2. The minimum absolute atomic E-state index is 0.178. The molecule has 0 unspecified atom stereocenters. The fourth-order valence-electron chi connectivity index (χ4n) is 1.31. The van der Waals surface area contributed by atoms with Crippen LogP contribution in [-0.4, -0.2) is 11.4 Å². The number of carbonyl (C=O) groups is 1. The van der Waals surface area contributed by atoms with E-state index >= 15 is 0 Å². The maximum absolute atomic E-state index is 10.7. The van der Waals surface area contributed by atoms with Gasteiger partial charge in [0.05, 0.1) is 11.4 Å². The van der Waals surface area contributed by atoms with Gasteiger partial charge in [0.15, 0.2) is 6.29 Å². The van der Waals surface area contributed by atoms with Crippen molar-refractivity contribution >= 4 is 17.7 Å². The third-order valence-electron chi connectivity index (χ3n) is 2.19. The Kier molecular flexibility index (Phi) is 3.25. The number of benzene rings is 2. The van der Waals surface area contributed by atoms with E-state index in [1.807, 2.05) is 0 Å². The molecule has 4 heteroatoms. The Bertz CT molecular complexity index is 548. The number of hydrogen-bond donors (Lipinski definition) is 1. The molecular formula is C13H10N2O2. The molecule has 0 atom stereocenters. The van der Waals surface area contributed by atoms with E-state index in [0.29, 0.717) is 16.9 Å². The van der Waals surface area contributed by atoms with Gasteiger partial charge in [-0.15, -0.1) is 5.11 Å². The van der Waals surface area contributed by atoms with E-state index in [4.69, 9.17) is 5.11 Å². The lowest BCUT2D eigenvalue weighted by Gasteiger charge is -1.96. The van der Waals surface area contributed by atoms with Gasteiger partial charge in [-0.05, 0) is 36.4 Å². The second-order valence-corrected chi connectivity index (χ2v) is 3.39.